The van der Waals surface area contributed by atoms with Gasteiger partial charge in [0.15, 0.2) is 0 Å². The molecule has 0 aromatic heterocycles. The van der Waals surface area contributed by atoms with Crippen molar-refractivity contribution in [1.29, 1.82) is 0 Å². The Hall–Kier alpha value is 0.130. The summed E-state index contributed by atoms with van der Waals surface area (Å²) in [7, 11) is 0. The van der Waals surface area contributed by atoms with Crippen LogP contribution in [0.3, 0.4) is 0 Å². The smallest absolute Gasteiger partial charge is 0.321 e. The Kier molecular flexibility index (Phi) is 4.93. The average Bonchev–Trinajstić information content (AvgIpc) is 1.82. The fourth-order valence-electron chi connectivity index (χ4n) is 0.314. The van der Waals surface area contributed by atoms with E-state index in [0.717, 1.165) is 0 Å². The Morgan fingerprint density at radius 1 is 1.90 bits per heavy atom. The molecule has 0 rings (SSSR count). The van der Waals surface area contributed by atoms with Crippen LogP contribution in [0, 0.1) is 0 Å². The van der Waals surface area contributed by atoms with Gasteiger partial charge in [-0.2, -0.15) is 12.6 Å². The van der Waals surface area contributed by atoms with E-state index in [4.69, 9.17) is 10.8 Å². The SMILES string of the molecule is C[C@H](S)SC[C@H](N)C(=O)O. The minimum Gasteiger partial charge on any atom is -0.480 e. The molecule has 3 N–H and O–H groups in total. The lowest BCUT2D eigenvalue weighted by molar-refractivity contribution is -0.137. The highest BCUT2D eigenvalue weighted by Crippen LogP contribution is 2.13. The lowest BCUT2D eigenvalue weighted by atomic mass is 10.4. The second-order valence-electron chi connectivity index (χ2n) is 1.88. The predicted octanol–water partition coefficient (Wildman–Crippen LogP) is 0.407. The standard InChI is InChI=1S/C5H11NO2S2/c1-3(9)10-2-4(6)5(7)8/h3-4,9H,2,6H2,1H3,(H,7,8)/t3-,4+/m1/s1. The summed E-state index contributed by atoms with van der Waals surface area (Å²) in [6.45, 7) is 1.88. The number of thiol groups is 1. The van der Waals surface area contributed by atoms with Gasteiger partial charge in [0.2, 0.25) is 0 Å². The Morgan fingerprint density at radius 3 is 2.70 bits per heavy atom. The van der Waals surface area contributed by atoms with Crippen LogP contribution >= 0.6 is 24.4 Å². The fraction of sp³-hybridized carbons (Fsp3) is 0.800. The number of thioether (sulfide) groups is 1. The third-order valence-corrected chi connectivity index (χ3v) is 2.32. The number of nitrogens with two attached hydrogens (primary N) is 1. The van der Waals surface area contributed by atoms with Crippen LogP contribution in [0.5, 0.6) is 0 Å². The summed E-state index contributed by atoms with van der Waals surface area (Å²) in [5, 5.41) is 8.33. The molecule has 0 aromatic rings. The third kappa shape index (κ3) is 4.96. The molecular formula is C5H11NO2S2. The molecule has 0 unspecified atom stereocenters. The van der Waals surface area contributed by atoms with Gasteiger partial charge in [-0.05, 0) is 6.92 Å². The molecular weight excluding hydrogens is 170 g/mol. The van der Waals surface area contributed by atoms with E-state index in [0.29, 0.717) is 5.75 Å². The molecule has 10 heavy (non-hydrogen) atoms. The van der Waals surface area contributed by atoms with E-state index in [1.54, 1.807) is 0 Å². The molecule has 3 nitrogen and oxygen atoms in total. The Balaban J connectivity index is 3.40. The van der Waals surface area contributed by atoms with E-state index in [2.05, 4.69) is 12.6 Å². The molecule has 0 fully saturated rings. The number of aliphatic carboxylic acids is 1. The van der Waals surface area contributed by atoms with E-state index in [9.17, 15) is 4.79 Å². The van der Waals surface area contributed by atoms with E-state index >= 15 is 0 Å². The van der Waals surface area contributed by atoms with Gasteiger partial charge in [0, 0.05) is 10.3 Å². The van der Waals surface area contributed by atoms with Crippen molar-refractivity contribution in [3.05, 3.63) is 0 Å². The molecule has 2 atom stereocenters. The zero-order valence-electron chi connectivity index (χ0n) is 5.65. The second-order valence-corrected chi connectivity index (χ2v) is 4.38. The molecule has 0 heterocycles. The van der Waals surface area contributed by atoms with Crippen LogP contribution in [-0.4, -0.2) is 27.5 Å². The van der Waals surface area contributed by atoms with Gasteiger partial charge >= 0.3 is 5.97 Å². The van der Waals surface area contributed by atoms with E-state index in [1.807, 2.05) is 6.92 Å². The lowest BCUT2D eigenvalue weighted by Gasteiger charge is -2.06. The van der Waals surface area contributed by atoms with Gasteiger partial charge < -0.3 is 10.8 Å². The first kappa shape index (κ1) is 10.1. The van der Waals surface area contributed by atoms with Crippen molar-refractivity contribution in [2.45, 2.75) is 17.5 Å². The van der Waals surface area contributed by atoms with Crippen molar-refractivity contribution in [1.82, 2.24) is 0 Å². The Morgan fingerprint density at radius 2 is 2.40 bits per heavy atom. The summed E-state index contributed by atoms with van der Waals surface area (Å²) >= 11 is 5.48. The molecule has 0 radical (unpaired) electrons. The molecule has 60 valence electrons. The van der Waals surface area contributed by atoms with E-state index < -0.39 is 12.0 Å². The highest BCUT2D eigenvalue weighted by atomic mass is 32.2. The highest BCUT2D eigenvalue weighted by Gasteiger charge is 2.11. The van der Waals surface area contributed by atoms with Gasteiger partial charge in [-0.3, -0.25) is 4.79 Å². The molecule has 0 aliphatic carbocycles. The fourth-order valence-corrected chi connectivity index (χ4v) is 1.20. The van der Waals surface area contributed by atoms with E-state index in [-0.39, 0.29) is 4.58 Å². The number of carboxylic acids is 1. The number of hydrogen-bond acceptors (Lipinski definition) is 4. The van der Waals surface area contributed by atoms with Crippen LogP contribution in [-0.2, 0) is 4.79 Å². The van der Waals surface area contributed by atoms with Crippen LogP contribution in [0.4, 0.5) is 0 Å². The summed E-state index contributed by atoms with van der Waals surface area (Å²) in [6.07, 6.45) is 0. The van der Waals surface area contributed by atoms with Crippen molar-refractivity contribution in [2.24, 2.45) is 5.73 Å². The van der Waals surface area contributed by atoms with Crippen molar-refractivity contribution >= 4 is 30.4 Å². The molecule has 0 bridgehead atoms. The van der Waals surface area contributed by atoms with Crippen LogP contribution in [0.1, 0.15) is 6.92 Å². The maximum atomic E-state index is 10.1. The number of rotatable bonds is 4. The van der Waals surface area contributed by atoms with Crippen LogP contribution in [0.2, 0.25) is 0 Å². The summed E-state index contributed by atoms with van der Waals surface area (Å²) < 4.78 is 0.144. The Bertz CT molecular complexity index is 118. The zero-order valence-corrected chi connectivity index (χ0v) is 7.36. The summed E-state index contributed by atoms with van der Waals surface area (Å²) in [6, 6.07) is -0.764. The molecule has 0 aliphatic heterocycles. The van der Waals surface area contributed by atoms with Gasteiger partial charge in [0.05, 0.1) is 0 Å². The number of carboxylic acid groups (broad SMARTS) is 1. The van der Waals surface area contributed by atoms with Crippen molar-refractivity contribution in [3.8, 4) is 0 Å². The molecule has 0 spiro atoms. The number of hydrogen-bond donors (Lipinski definition) is 3. The van der Waals surface area contributed by atoms with Crippen molar-refractivity contribution in [3.63, 3.8) is 0 Å². The van der Waals surface area contributed by atoms with Crippen LogP contribution in [0.15, 0.2) is 0 Å². The average molecular weight is 181 g/mol. The minimum absolute atomic E-state index is 0.144. The normalized spacial score (nSPS) is 16.3. The second kappa shape index (κ2) is 4.87. The van der Waals surface area contributed by atoms with Crippen LogP contribution < -0.4 is 5.73 Å². The van der Waals surface area contributed by atoms with Gasteiger partial charge in [-0.1, -0.05) is 0 Å². The molecule has 0 amide bonds. The Labute approximate surface area is 69.8 Å². The monoisotopic (exact) mass is 181 g/mol. The van der Waals surface area contributed by atoms with Gasteiger partial charge in [0.25, 0.3) is 0 Å². The van der Waals surface area contributed by atoms with E-state index in [1.165, 1.54) is 11.8 Å². The number of carbonyl (C=O) groups is 1. The third-order valence-electron chi connectivity index (χ3n) is 0.834. The molecule has 5 heteroatoms. The van der Waals surface area contributed by atoms with Gasteiger partial charge in [0.1, 0.15) is 6.04 Å². The molecule has 0 saturated carbocycles. The lowest BCUT2D eigenvalue weighted by Crippen LogP contribution is -2.32. The summed E-state index contributed by atoms with van der Waals surface area (Å²) in [5.41, 5.74) is 5.21. The summed E-state index contributed by atoms with van der Waals surface area (Å²) in [4.78, 5) is 10.1. The largest absolute Gasteiger partial charge is 0.480 e. The molecule has 0 aromatic carbocycles. The maximum absolute atomic E-state index is 10.1. The predicted molar refractivity (Wildman–Crippen MR) is 46.5 cm³/mol. The first-order valence-corrected chi connectivity index (χ1v) is 4.38. The first-order valence-electron chi connectivity index (χ1n) is 2.82. The highest BCUT2D eigenvalue weighted by molar-refractivity contribution is 8.10. The van der Waals surface area contributed by atoms with Gasteiger partial charge in [-0.25, -0.2) is 0 Å². The topological polar surface area (TPSA) is 63.3 Å². The molecule has 0 saturated heterocycles. The first-order chi connectivity index (χ1) is 4.54. The molecule has 0 aliphatic rings. The zero-order chi connectivity index (χ0) is 8.15. The van der Waals surface area contributed by atoms with Gasteiger partial charge in [-0.15, -0.1) is 11.8 Å². The minimum atomic E-state index is -0.957. The van der Waals surface area contributed by atoms with Crippen molar-refractivity contribution < 1.29 is 9.90 Å². The van der Waals surface area contributed by atoms with Crippen molar-refractivity contribution in [2.75, 3.05) is 5.75 Å². The quantitative estimate of drug-likeness (QED) is 0.434. The maximum Gasteiger partial charge on any atom is 0.321 e. The summed E-state index contributed by atoms with van der Waals surface area (Å²) in [5.74, 6) is -0.540. The van der Waals surface area contributed by atoms with Crippen LogP contribution in [0.25, 0.3) is 0 Å².